The van der Waals surface area contributed by atoms with E-state index in [0.717, 1.165) is 5.75 Å². The molecule has 0 N–H and O–H groups in total. The Morgan fingerprint density at radius 1 is 1.25 bits per heavy atom. The summed E-state index contributed by atoms with van der Waals surface area (Å²) in [5, 5.41) is 0. The monoisotopic (exact) mass is 271 g/mol. The molecule has 104 valence electrons. The molecule has 2 rings (SSSR count). The first-order valence-electron chi connectivity index (χ1n) is 6.40. The zero-order chi connectivity index (χ0) is 14.2. The van der Waals surface area contributed by atoms with Crippen molar-refractivity contribution in [1.82, 2.24) is 4.90 Å². The van der Waals surface area contributed by atoms with Crippen molar-refractivity contribution >= 4 is 12.0 Å². The van der Waals surface area contributed by atoms with Crippen molar-refractivity contribution in [2.24, 2.45) is 0 Å². The number of para-hydroxylation sites is 1. The third-order valence-electron chi connectivity index (χ3n) is 2.75. The maximum Gasteiger partial charge on any atom is 0.246 e. The lowest BCUT2D eigenvalue weighted by Gasteiger charge is -2.15. The third-order valence-corrected chi connectivity index (χ3v) is 2.75. The van der Waals surface area contributed by atoms with Crippen LogP contribution in [0.1, 0.15) is 5.76 Å². The van der Waals surface area contributed by atoms with E-state index in [2.05, 4.69) is 0 Å². The lowest BCUT2D eigenvalue weighted by molar-refractivity contribution is -0.125. The molecule has 0 spiro atoms. The van der Waals surface area contributed by atoms with Gasteiger partial charge in [0.15, 0.2) is 0 Å². The van der Waals surface area contributed by atoms with Gasteiger partial charge in [0.2, 0.25) is 5.91 Å². The van der Waals surface area contributed by atoms with Crippen LogP contribution in [0.25, 0.3) is 6.08 Å². The normalized spacial score (nSPS) is 10.7. The first kappa shape index (κ1) is 13.9. The molecule has 1 aromatic carbocycles. The fourth-order valence-corrected chi connectivity index (χ4v) is 1.59. The molecule has 2 aromatic rings. The molecule has 0 aliphatic heterocycles. The fourth-order valence-electron chi connectivity index (χ4n) is 1.59. The number of ether oxygens (including phenoxy) is 1. The number of benzene rings is 1. The molecule has 0 bridgehead atoms. The van der Waals surface area contributed by atoms with Crippen LogP contribution >= 0.6 is 0 Å². The molecular weight excluding hydrogens is 254 g/mol. The van der Waals surface area contributed by atoms with Gasteiger partial charge in [-0.15, -0.1) is 0 Å². The molecule has 4 heteroatoms. The third kappa shape index (κ3) is 4.31. The van der Waals surface area contributed by atoms with Crippen LogP contribution in [-0.2, 0) is 4.79 Å². The quantitative estimate of drug-likeness (QED) is 0.759. The number of carbonyl (C=O) groups excluding carboxylic acids is 1. The van der Waals surface area contributed by atoms with Crippen molar-refractivity contribution in [3.8, 4) is 5.75 Å². The molecule has 1 aromatic heterocycles. The number of rotatable bonds is 6. The zero-order valence-electron chi connectivity index (χ0n) is 11.4. The SMILES string of the molecule is CN(CCOc1ccccc1)C(=O)C=Cc1ccco1. The highest BCUT2D eigenvalue weighted by atomic mass is 16.5. The highest BCUT2D eigenvalue weighted by Gasteiger charge is 2.05. The summed E-state index contributed by atoms with van der Waals surface area (Å²) in [7, 11) is 1.74. The molecule has 0 atom stereocenters. The second-order valence-electron chi connectivity index (χ2n) is 4.27. The number of nitrogens with zero attached hydrogens (tertiary/aromatic N) is 1. The Kier molecular flexibility index (Phi) is 5.00. The Morgan fingerprint density at radius 3 is 2.75 bits per heavy atom. The number of hydrogen-bond donors (Lipinski definition) is 0. The number of likely N-dealkylation sites (N-methyl/N-ethyl adjacent to an activating group) is 1. The van der Waals surface area contributed by atoms with Gasteiger partial charge in [-0.25, -0.2) is 0 Å². The van der Waals surface area contributed by atoms with E-state index < -0.39 is 0 Å². The van der Waals surface area contributed by atoms with Gasteiger partial charge in [-0.05, 0) is 30.3 Å². The van der Waals surface area contributed by atoms with E-state index >= 15 is 0 Å². The molecule has 0 unspecified atom stereocenters. The van der Waals surface area contributed by atoms with Crippen LogP contribution in [0.4, 0.5) is 0 Å². The van der Waals surface area contributed by atoms with Crippen molar-refractivity contribution < 1.29 is 13.9 Å². The van der Waals surface area contributed by atoms with Gasteiger partial charge in [0.25, 0.3) is 0 Å². The summed E-state index contributed by atoms with van der Waals surface area (Å²) < 4.78 is 10.7. The molecule has 0 aliphatic rings. The summed E-state index contributed by atoms with van der Waals surface area (Å²) >= 11 is 0. The molecule has 1 heterocycles. The molecule has 0 saturated carbocycles. The minimum absolute atomic E-state index is 0.0851. The van der Waals surface area contributed by atoms with Crippen molar-refractivity contribution in [2.45, 2.75) is 0 Å². The predicted molar refractivity (Wildman–Crippen MR) is 77.3 cm³/mol. The van der Waals surface area contributed by atoms with Crippen LogP contribution in [0.15, 0.2) is 59.2 Å². The summed E-state index contributed by atoms with van der Waals surface area (Å²) in [6, 6.07) is 13.1. The van der Waals surface area contributed by atoms with Gasteiger partial charge in [-0.2, -0.15) is 0 Å². The number of carbonyl (C=O) groups is 1. The Labute approximate surface area is 118 Å². The molecule has 4 nitrogen and oxygen atoms in total. The van der Waals surface area contributed by atoms with Crippen molar-refractivity contribution in [3.05, 3.63) is 60.6 Å². The molecule has 0 aliphatic carbocycles. The molecule has 0 saturated heterocycles. The first-order valence-corrected chi connectivity index (χ1v) is 6.40. The van der Waals surface area contributed by atoms with Crippen LogP contribution < -0.4 is 4.74 Å². The topological polar surface area (TPSA) is 42.7 Å². The van der Waals surface area contributed by atoms with Crippen LogP contribution in [0.2, 0.25) is 0 Å². The number of amides is 1. The summed E-state index contributed by atoms with van der Waals surface area (Å²) in [5.41, 5.74) is 0. The van der Waals surface area contributed by atoms with Gasteiger partial charge >= 0.3 is 0 Å². The van der Waals surface area contributed by atoms with E-state index in [1.54, 1.807) is 36.4 Å². The first-order chi connectivity index (χ1) is 9.75. The molecule has 20 heavy (non-hydrogen) atoms. The Hall–Kier alpha value is -2.49. The Balaban J connectivity index is 1.74. The van der Waals surface area contributed by atoms with E-state index in [0.29, 0.717) is 18.9 Å². The fraction of sp³-hybridized carbons (Fsp3) is 0.188. The maximum absolute atomic E-state index is 11.8. The Morgan fingerprint density at radius 2 is 2.05 bits per heavy atom. The highest BCUT2D eigenvalue weighted by molar-refractivity contribution is 5.91. The summed E-state index contributed by atoms with van der Waals surface area (Å²) in [6.45, 7) is 0.983. The second-order valence-corrected chi connectivity index (χ2v) is 4.27. The van der Waals surface area contributed by atoms with Crippen LogP contribution in [0, 0.1) is 0 Å². The number of hydrogen-bond acceptors (Lipinski definition) is 3. The van der Waals surface area contributed by atoms with Gasteiger partial charge in [0.05, 0.1) is 12.8 Å². The van der Waals surface area contributed by atoms with Crippen molar-refractivity contribution in [1.29, 1.82) is 0 Å². The maximum atomic E-state index is 11.8. The Bertz CT molecular complexity index is 546. The highest BCUT2D eigenvalue weighted by Crippen LogP contribution is 2.08. The van der Waals surface area contributed by atoms with Gasteiger partial charge in [-0.3, -0.25) is 4.79 Å². The van der Waals surface area contributed by atoms with Gasteiger partial charge in [0.1, 0.15) is 18.1 Å². The number of furan rings is 1. The lowest BCUT2D eigenvalue weighted by Crippen LogP contribution is -2.29. The largest absolute Gasteiger partial charge is 0.492 e. The van der Waals surface area contributed by atoms with Gasteiger partial charge in [0, 0.05) is 13.1 Å². The molecular formula is C16H17NO3. The lowest BCUT2D eigenvalue weighted by atomic mass is 10.3. The molecule has 0 fully saturated rings. The van der Waals surface area contributed by atoms with Crippen molar-refractivity contribution in [3.63, 3.8) is 0 Å². The predicted octanol–water partition coefficient (Wildman–Crippen LogP) is 2.83. The van der Waals surface area contributed by atoms with E-state index in [9.17, 15) is 4.79 Å². The van der Waals surface area contributed by atoms with Crippen LogP contribution in [0.5, 0.6) is 5.75 Å². The molecule has 0 radical (unpaired) electrons. The van der Waals surface area contributed by atoms with Crippen LogP contribution in [0.3, 0.4) is 0 Å². The minimum Gasteiger partial charge on any atom is -0.492 e. The average molecular weight is 271 g/mol. The second kappa shape index (κ2) is 7.19. The minimum atomic E-state index is -0.0851. The van der Waals surface area contributed by atoms with Crippen LogP contribution in [-0.4, -0.2) is 31.0 Å². The van der Waals surface area contributed by atoms with Gasteiger partial charge in [-0.1, -0.05) is 18.2 Å². The van der Waals surface area contributed by atoms with E-state index in [-0.39, 0.29) is 5.91 Å². The van der Waals surface area contributed by atoms with E-state index in [1.165, 1.54) is 6.08 Å². The van der Waals surface area contributed by atoms with E-state index in [1.807, 2.05) is 30.3 Å². The summed E-state index contributed by atoms with van der Waals surface area (Å²) in [4.78, 5) is 13.4. The standard InChI is InChI=1S/C16H17NO3/c1-17(11-13-20-14-6-3-2-4-7-14)16(18)10-9-15-8-5-12-19-15/h2-10,12H,11,13H2,1H3. The summed E-state index contributed by atoms with van der Waals surface area (Å²) in [6.07, 6.45) is 4.71. The van der Waals surface area contributed by atoms with Gasteiger partial charge < -0.3 is 14.1 Å². The molecule has 1 amide bonds. The van der Waals surface area contributed by atoms with E-state index in [4.69, 9.17) is 9.15 Å². The smallest absolute Gasteiger partial charge is 0.246 e. The van der Waals surface area contributed by atoms with Crippen molar-refractivity contribution in [2.75, 3.05) is 20.2 Å². The summed E-state index contributed by atoms with van der Waals surface area (Å²) in [5.74, 6) is 1.38. The zero-order valence-corrected chi connectivity index (χ0v) is 11.4. The average Bonchev–Trinajstić information content (AvgIpc) is 2.99.